The third-order valence-corrected chi connectivity index (χ3v) is 2.64. The van der Waals surface area contributed by atoms with Crippen LogP contribution < -0.4 is 10.1 Å². The summed E-state index contributed by atoms with van der Waals surface area (Å²) >= 11 is 5.88. The Balaban J connectivity index is 2.13. The lowest BCUT2D eigenvalue weighted by molar-refractivity contribution is 0.450. The number of hydrogen-bond acceptors (Lipinski definition) is 4. The first-order valence-electron chi connectivity index (χ1n) is 5.60. The number of benzene rings is 1. The Morgan fingerprint density at radius 3 is 2.67 bits per heavy atom. The van der Waals surface area contributed by atoms with Crippen molar-refractivity contribution in [3.63, 3.8) is 0 Å². The van der Waals surface area contributed by atoms with Gasteiger partial charge in [-0.25, -0.2) is 0 Å². The molecule has 94 valence electrons. The Hall–Kier alpha value is -1.65. The topological polar surface area (TPSA) is 47.0 Å². The van der Waals surface area contributed by atoms with Crippen molar-refractivity contribution in [1.29, 1.82) is 0 Å². The van der Waals surface area contributed by atoms with Crippen molar-refractivity contribution in [1.82, 2.24) is 15.5 Å². The van der Waals surface area contributed by atoms with Crippen LogP contribution in [0.5, 0.6) is 11.6 Å². The van der Waals surface area contributed by atoms with E-state index in [1.54, 1.807) is 12.1 Å². The first kappa shape index (κ1) is 12.8. The molecule has 0 saturated heterocycles. The maximum Gasteiger partial charge on any atom is 0.238 e. The monoisotopic (exact) mass is 263 g/mol. The molecule has 2 rings (SSSR count). The van der Waals surface area contributed by atoms with E-state index in [2.05, 4.69) is 15.5 Å². The first-order valence-corrected chi connectivity index (χ1v) is 5.98. The number of aryl methyl sites for hydroxylation is 1. The number of hydrogen-bond donors (Lipinski definition) is 1. The Labute approximate surface area is 111 Å². The lowest BCUT2D eigenvalue weighted by Crippen LogP contribution is -2.07. The molecule has 1 N–H and O–H groups in total. The first-order chi connectivity index (χ1) is 8.69. The predicted molar refractivity (Wildman–Crippen MR) is 71.1 cm³/mol. The lowest BCUT2D eigenvalue weighted by Gasteiger charge is -2.07. The van der Waals surface area contributed by atoms with Crippen LogP contribution in [-0.2, 0) is 6.54 Å². The van der Waals surface area contributed by atoms with Gasteiger partial charge in [0, 0.05) is 17.6 Å². The Kier molecular flexibility index (Phi) is 4.12. The second-order valence-corrected chi connectivity index (χ2v) is 4.34. The second-order valence-electron chi connectivity index (χ2n) is 3.91. The molecular weight excluding hydrogens is 250 g/mol. The van der Waals surface area contributed by atoms with E-state index in [-0.39, 0.29) is 0 Å². The zero-order valence-electron chi connectivity index (χ0n) is 10.3. The highest BCUT2D eigenvalue weighted by molar-refractivity contribution is 6.30. The van der Waals surface area contributed by atoms with Crippen LogP contribution in [0, 0.1) is 6.92 Å². The number of aromatic nitrogens is 2. The van der Waals surface area contributed by atoms with Gasteiger partial charge in [0.05, 0.1) is 5.69 Å². The molecule has 18 heavy (non-hydrogen) atoms. The summed E-state index contributed by atoms with van der Waals surface area (Å²) in [5.74, 6) is 1.20. The quantitative estimate of drug-likeness (QED) is 0.921. The van der Waals surface area contributed by atoms with Gasteiger partial charge in [-0.1, -0.05) is 11.6 Å². The molecule has 0 bridgehead atoms. The van der Waals surface area contributed by atoms with Crippen LogP contribution >= 0.6 is 11.6 Å². The third kappa shape index (κ3) is 3.18. The summed E-state index contributed by atoms with van der Waals surface area (Å²) in [7, 11) is 1.86. The summed E-state index contributed by atoms with van der Waals surface area (Å²) in [5, 5.41) is 11.8. The largest absolute Gasteiger partial charge is 0.437 e. The van der Waals surface area contributed by atoms with Gasteiger partial charge in [-0.15, -0.1) is 5.10 Å². The van der Waals surface area contributed by atoms with E-state index in [0.29, 0.717) is 17.4 Å². The van der Waals surface area contributed by atoms with Crippen molar-refractivity contribution in [2.24, 2.45) is 0 Å². The minimum absolute atomic E-state index is 0.472. The van der Waals surface area contributed by atoms with E-state index in [1.807, 2.05) is 32.2 Å². The molecule has 0 atom stereocenters. The van der Waals surface area contributed by atoms with Crippen LogP contribution in [0.25, 0.3) is 0 Å². The van der Waals surface area contributed by atoms with E-state index in [1.165, 1.54) is 0 Å². The van der Waals surface area contributed by atoms with Crippen molar-refractivity contribution in [2.75, 3.05) is 7.05 Å². The fourth-order valence-electron chi connectivity index (χ4n) is 1.52. The van der Waals surface area contributed by atoms with Gasteiger partial charge in [-0.2, -0.15) is 5.10 Å². The van der Waals surface area contributed by atoms with Gasteiger partial charge in [-0.05, 0) is 43.8 Å². The molecule has 4 nitrogen and oxygen atoms in total. The second kappa shape index (κ2) is 5.80. The summed E-state index contributed by atoms with van der Waals surface area (Å²) < 4.78 is 5.64. The minimum atomic E-state index is 0.472. The van der Waals surface area contributed by atoms with E-state index < -0.39 is 0 Å². The molecule has 0 saturated carbocycles. The summed E-state index contributed by atoms with van der Waals surface area (Å²) in [5.41, 5.74) is 1.83. The van der Waals surface area contributed by atoms with E-state index in [4.69, 9.17) is 16.3 Å². The number of halogens is 1. The smallest absolute Gasteiger partial charge is 0.238 e. The van der Waals surface area contributed by atoms with Crippen LogP contribution in [0.1, 0.15) is 11.3 Å². The van der Waals surface area contributed by atoms with Gasteiger partial charge >= 0.3 is 0 Å². The predicted octanol–water partition coefficient (Wildman–Crippen LogP) is 2.95. The SMILES string of the molecule is CNCc1ccc(Oc2ccc(Cl)cc2C)nn1. The zero-order valence-corrected chi connectivity index (χ0v) is 11.0. The fraction of sp³-hybridized carbons (Fsp3) is 0.231. The average Bonchev–Trinajstić information content (AvgIpc) is 2.35. The molecule has 5 heteroatoms. The van der Waals surface area contributed by atoms with Gasteiger partial charge in [0.15, 0.2) is 0 Å². The number of rotatable bonds is 4. The van der Waals surface area contributed by atoms with Crippen LogP contribution in [0.2, 0.25) is 5.02 Å². The normalized spacial score (nSPS) is 10.4. The highest BCUT2D eigenvalue weighted by atomic mass is 35.5. The molecule has 1 aromatic carbocycles. The molecule has 1 aromatic heterocycles. The Morgan fingerprint density at radius 1 is 1.22 bits per heavy atom. The van der Waals surface area contributed by atoms with E-state index >= 15 is 0 Å². The van der Waals surface area contributed by atoms with Crippen molar-refractivity contribution < 1.29 is 4.74 Å². The lowest BCUT2D eigenvalue weighted by atomic mass is 10.2. The summed E-state index contributed by atoms with van der Waals surface area (Å²) in [6.07, 6.45) is 0. The van der Waals surface area contributed by atoms with Crippen LogP contribution in [0.3, 0.4) is 0 Å². The summed E-state index contributed by atoms with van der Waals surface area (Å²) in [6.45, 7) is 2.62. The molecule has 2 aromatic rings. The van der Waals surface area contributed by atoms with Crippen LogP contribution in [0.4, 0.5) is 0 Å². The Bertz CT molecular complexity index is 528. The zero-order chi connectivity index (χ0) is 13.0. The molecule has 0 aliphatic heterocycles. The van der Waals surface area contributed by atoms with Gasteiger partial charge in [0.25, 0.3) is 0 Å². The standard InChI is InChI=1S/C13H14ClN3O/c1-9-7-10(14)3-5-12(9)18-13-6-4-11(8-15-2)16-17-13/h3-7,15H,8H2,1-2H3. The molecule has 0 fully saturated rings. The third-order valence-electron chi connectivity index (χ3n) is 2.40. The molecule has 0 aliphatic rings. The summed E-state index contributed by atoms with van der Waals surface area (Å²) in [6, 6.07) is 9.13. The van der Waals surface area contributed by atoms with Crippen molar-refractivity contribution >= 4 is 11.6 Å². The van der Waals surface area contributed by atoms with E-state index in [0.717, 1.165) is 17.0 Å². The van der Waals surface area contributed by atoms with Gasteiger partial charge in [0.1, 0.15) is 5.75 Å². The van der Waals surface area contributed by atoms with E-state index in [9.17, 15) is 0 Å². The molecule has 0 spiro atoms. The average molecular weight is 264 g/mol. The number of nitrogens with one attached hydrogen (secondary N) is 1. The maximum atomic E-state index is 5.88. The van der Waals surface area contributed by atoms with Crippen molar-refractivity contribution in [3.8, 4) is 11.6 Å². The molecular formula is C13H14ClN3O. The Morgan fingerprint density at radius 2 is 2.06 bits per heavy atom. The van der Waals surface area contributed by atoms with Gasteiger partial charge in [0.2, 0.25) is 5.88 Å². The molecule has 0 amide bonds. The van der Waals surface area contributed by atoms with Crippen LogP contribution in [-0.4, -0.2) is 17.2 Å². The highest BCUT2D eigenvalue weighted by Gasteiger charge is 2.04. The highest BCUT2D eigenvalue weighted by Crippen LogP contribution is 2.25. The molecule has 0 unspecified atom stereocenters. The fourth-order valence-corrected chi connectivity index (χ4v) is 1.74. The number of ether oxygens (including phenoxy) is 1. The molecule has 1 heterocycles. The maximum absolute atomic E-state index is 5.88. The minimum Gasteiger partial charge on any atom is -0.437 e. The molecule has 0 aliphatic carbocycles. The van der Waals surface area contributed by atoms with Gasteiger partial charge < -0.3 is 10.1 Å². The van der Waals surface area contributed by atoms with Crippen LogP contribution in [0.15, 0.2) is 30.3 Å². The summed E-state index contributed by atoms with van der Waals surface area (Å²) in [4.78, 5) is 0. The van der Waals surface area contributed by atoms with Crippen molar-refractivity contribution in [2.45, 2.75) is 13.5 Å². The van der Waals surface area contributed by atoms with Crippen molar-refractivity contribution in [3.05, 3.63) is 46.6 Å². The van der Waals surface area contributed by atoms with Gasteiger partial charge in [-0.3, -0.25) is 0 Å². The molecule has 0 radical (unpaired) electrons. The number of nitrogens with zero attached hydrogens (tertiary/aromatic N) is 2.